The van der Waals surface area contributed by atoms with Crippen LogP contribution >= 0.6 is 0 Å². The molecule has 0 atom stereocenters. The van der Waals surface area contributed by atoms with Crippen LogP contribution in [0.2, 0.25) is 0 Å². The van der Waals surface area contributed by atoms with Crippen molar-refractivity contribution >= 4 is 11.8 Å². The normalized spacial score (nSPS) is 15.1. The van der Waals surface area contributed by atoms with E-state index in [1.807, 2.05) is 0 Å². The maximum atomic E-state index is 12.9. The van der Waals surface area contributed by atoms with Crippen LogP contribution in [0.15, 0.2) is 24.3 Å². The van der Waals surface area contributed by atoms with Gasteiger partial charge in [0.15, 0.2) is 0 Å². The van der Waals surface area contributed by atoms with Gasteiger partial charge in [0.05, 0.1) is 13.2 Å². The van der Waals surface area contributed by atoms with Crippen LogP contribution in [-0.4, -0.2) is 36.6 Å². The molecule has 0 saturated carbocycles. The fourth-order valence-electron chi connectivity index (χ4n) is 1.77. The molecule has 1 heterocycles. The van der Waals surface area contributed by atoms with Crippen molar-refractivity contribution < 1.29 is 18.8 Å². The highest BCUT2D eigenvalue weighted by Crippen LogP contribution is 2.06. The van der Waals surface area contributed by atoms with Crippen molar-refractivity contribution in [3.8, 4) is 0 Å². The van der Waals surface area contributed by atoms with Crippen LogP contribution in [0.25, 0.3) is 0 Å². The smallest absolute Gasteiger partial charge is 0.265 e. The molecule has 0 spiro atoms. The van der Waals surface area contributed by atoms with Crippen LogP contribution in [0.5, 0.6) is 0 Å². The fraction of sp³-hybridized carbons (Fsp3) is 0.385. The van der Waals surface area contributed by atoms with E-state index in [0.717, 1.165) is 18.9 Å². The molecule has 1 fully saturated rings. The number of benzene rings is 1. The molecule has 6 heteroatoms. The van der Waals surface area contributed by atoms with Crippen molar-refractivity contribution in [2.24, 2.45) is 0 Å². The minimum absolute atomic E-state index is 0.157. The van der Waals surface area contributed by atoms with Crippen LogP contribution < -0.4 is 5.32 Å². The topological polar surface area (TPSA) is 58.6 Å². The van der Waals surface area contributed by atoms with Gasteiger partial charge in [0, 0.05) is 12.1 Å². The maximum Gasteiger partial charge on any atom is 0.265 e. The number of halogens is 1. The highest BCUT2D eigenvalue weighted by atomic mass is 19.1. The Hall–Kier alpha value is -1.95. The zero-order valence-electron chi connectivity index (χ0n) is 10.4. The lowest BCUT2D eigenvalue weighted by Gasteiger charge is -2.25. The van der Waals surface area contributed by atoms with Crippen LogP contribution in [0.4, 0.5) is 4.39 Å². The second-order valence-corrected chi connectivity index (χ2v) is 4.23. The minimum atomic E-state index is -0.488. The van der Waals surface area contributed by atoms with Crippen LogP contribution in [-0.2, 0) is 9.63 Å². The number of carbonyl (C=O) groups is 2. The first-order chi connectivity index (χ1) is 9.16. The second kappa shape index (κ2) is 6.29. The van der Waals surface area contributed by atoms with Crippen molar-refractivity contribution in [3.05, 3.63) is 35.6 Å². The number of rotatable bonds is 3. The predicted molar refractivity (Wildman–Crippen MR) is 65.6 cm³/mol. The molecule has 1 aromatic rings. The van der Waals surface area contributed by atoms with Crippen LogP contribution in [0.1, 0.15) is 23.2 Å². The summed E-state index contributed by atoms with van der Waals surface area (Å²) in [4.78, 5) is 28.6. The summed E-state index contributed by atoms with van der Waals surface area (Å²) in [5.41, 5.74) is 0.187. The number of hydrogen-bond acceptors (Lipinski definition) is 3. The summed E-state index contributed by atoms with van der Waals surface area (Å²) >= 11 is 0. The molecular weight excluding hydrogens is 251 g/mol. The molecule has 1 saturated heterocycles. The standard InChI is InChI=1S/C13H15FN2O3/c14-11-5-3-4-10(8-11)13(18)15-9-12(17)16-6-1-2-7-19-16/h3-5,8H,1-2,6-7,9H2,(H,15,18). The van der Waals surface area contributed by atoms with Gasteiger partial charge in [0.2, 0.25) is 0 Å². The Balaban J connectivity index is 1.84. The molecule has 2 rings (SSSR count). The molecule has 1 aromatic carbocycles. The Morgan fingerprint density at radius 3 is 2.89 bits per heavy atom. The maximum absolute atomic E-state index is 12.9. The Kier molecular flexibility index (Phi) is 4.46. The van der Waals surface area contributed by atoms with E-state index in [-0.39, 0.29) is 18.0 Å². The first kappa shape index (κ1) is 13.5. The van der Waals surface area contributed by atoms with Gasteiger partial charge in [-0.25, -0.2) is 9.45 Å². The third-order valence-electron chi connectivity index (χ3n) is 2.77. The summed E-state index contributed by atoms with van der Waals surface area (Å²) in [6.45, 7) is 0.896. The van der Waals surface area contributed by atoms with Gasteiger partial charge in [-0.3, -0.25) is 14.4 Å². The molecule has 5 nitrogen and oxygen atoms in total. The van der Waals surface area contributed by atoms with Gasteiger partial charge in [0.25, 0.3) is 11.8 Å². The second-order valence-electron chi connectivity index (χ2n) is 4.23. The van der Waals surface area contributed by atoms with E-state index in [9.17, 15) is 14.0 Å². The third-order valence-corrected chi connectivity index (χ3v) is 2.77. The van der Waals surface area contributed by atoms with E-state index >= 15 is 0 Å². The third kappa shape index (κ3) is 3.75. The molecule has 0 aromatic heterocycles. The van der Waals surface area contributed by atoms with Crippen molar-refractivity contribution in [3.63, 3.8) is 0 Å². The van der Waals surface area contributed by atoms with Gasteiger partial charge in [-0.2, -0.15) is 0 Å². The number of nitrogens with one attached hydrogen (secondary N) is 1. The quantitative estimate of drug-likeness (QED) is 0.891. The van der Waals surface area contributed by atoms with E-state index in [1.165, 1.54) is 23.3 Å². The van der Waals surface area contributed by atoms with Gasteiger partial charge >= 0.3 is 0 Å². The molecule has 0 radical (unpaired) electrons. The Morgan fingerprint density at radius 1 is 1.37 bits per heavy atom. The number of carbonyl (C=O) groups excluding carboxylic acids is 2. The molecule has 0 unspecified atom stereocenters. The Labute approximate surface area is 110 Å². The number of amides is 2. The monoisotopic (exact) mass is 266 g/mol. The zero-order valence-corrected chi connectivity index (χ0v) is 10.4. The average molecular weight is 266 g/mol. The molecule has 102 valence electrons. The molecular formula is C13H15FN2O3. The lowest BCUT2D eigenvalue weighted by Crippen LogP contribution is -2.42. The van der Waals surface area contributed by atoms with Crippen molar-refractivity contribution in [2.75, 3.05) is 19.7 Å². The molecule has 1 aliphatic heterocycles. The summed E-state index contributed by atoms with van der Waals surface area (Å²) in [5, 5.41) is 3.71. The highest BCUT2D eigenvalue weighted by molar-refractivity contribution is 5.96. The minimum Gasteiger partial charge on any atom is -0.343 e. The van der Waals surface area contributed by atoms with Gasteiger partial charge in [-0.1, -0.05) is 6.07 Å². The summed E-state index contributed by atoms with van der Waals surface area (Å²) in [6.07, 6.45) is 1.82. The number of hydroxylamine groups is 2. The first-order valence-corrected chi connectivity index (χ1v) is 6.14. The lowest BCUT2D eigenvalue weighted by atomic mass is 10.2. The lowest BCUT2D eigenvalue weighted by molar-refractivity contribution is -0.195. The largest absolute Gasteiger partial charge is 0.343 e. The first-order valence-electron chi connectivity index (χ1n) is 6.14. The van der Waals surface area contributed by atoms with Crippen LogP contribution in [0.3, 0.4) is 0 Å². The number of hydrogen-bond donors (Lipinski definition) is 1. The SMILES string of the molecule is O=C(NCC(=O)N1CCCCO1)c1cccc(F)c1. The van der Waals surface area contributed by atoms with Gasteiger partial charge in [-0.05, 0) is 31.0 Å². The van der Waals surface area contributed by atoms with E-state index in [1.54, 1.807) is 0 Å². The molecule has 2 amide bonds. The van der Waals surface area contributed by atoms with Crippen LogP contribution in [0, 0.1) is 5.82 Å². The van der Waals surface area contributed by atoms with E-state index in [4.69, 9.17) is 4.84 Å². The predicted octanol–water partition coefficient (Wildman–Crippen LogP) is 1.11. The van der Waals surface area contributed by atoms with E-state index in [0.29, 0.717) is 13.2 Å². The van der Waals surface area contributed by atoms with Gasteiger partial charge in [-0.15, -0.1) is 0 Å². The van der Waals surface area contributed by atoms with E-state index in [2.05, 4.69) is 5.32 Å². The summed E-state index contributed by atoms with van der Waals surface area (Å²) < 4.78 is 12.9. The molecule has 0 bridgehead atoms. The summed E-state index contributed by atoms with van der Waals surface area (Å²) in [6, 6.07) is 5.31. The summed E-state index contributed by atoms with van der Waals surface area (Å²) in [5.74, 6) is -1.27. The number of nitrogens with zero attached hydrogens (tertiary/aromatic N) is 1. The van der Waals surface area contributed by atoms with Gasteiger partial charge < -0.3 is 5.32 Å². The zero-order chi connectivity index (χ0) is 13.7. The average Bonchev–Trinajstić information content (AvgIpc) is 2.45. The summed E-state index contributed by atoms with van der Waals surface area (Å²) in [7, 11) is 0. The van der Waals surface area contributed by atoms with Crippen molar-refractivity contribution in [1.82, 2.24) is 10.4 Å². The highest BCUT2D eigenvalue weighted by Gasteiger charge is 2.18. The fourth-order valence-corrected chi connectivity index (χ4v) is 1.77. The van der Waals surface area contributed by atoms with Crippen molar-refractivity contribution in [2.45, 2.75) is 12.8 Å². The van der Waals surface area contributed by atoms with Gasteiger partial charge in [0.1, 0.15) is 5.82 Å². The molecule has 19 heavy (non-hydrogen) atoms. The Bertz CT molecular complexity index is 473. The Morgan fingerprint density at radius 2 is 2.21 bits per heavy atom. The van der Waals surface area contributed by atoms with E-state index < -0.39 is 11.7 Å². The molecule has 1 N–H and O–H groups in total. The van der Waals surface area contributed by atoms with Crippen molar-refractivity contribution in [1.29, 1.82) is 0 Å². The molecule has 1 aliphatic rings. The molecule has 0 aliphatic carbocycles.